The van der Waals surface area contributed by atoms with Crippen LogP contribution in [0.1, 0.15) is 61.3 Å². The summed E-state index contributed by atoms with van der Waals surface area (Å²) in [7, 11) is 7.77. The molecule has 1 N–H and O–H groups in total. The average molecular weight is 534 g/mol. The number of hydrogen-bond acceptors (Lipinski definition) is 9. The van der Waals surface area contributed by atoms with Crippen molar-refractivity contribution in [2.24, 2.45) is 11.8 Å². The molecule has 0 spiro atoms. The molecule has 1 fully saturated rings. The van der Waals surface area contributed by atoms with E-state index in [-0.39, 0.29) is 18.6 Å². The van der Waals surface area contributed by atoms with Gasteiger partial charge in [0.25, 0.3) is 0 Å². The monoisotopic (exact) mass is 533 g/mol. The molecule has 9 atom stereocenters. The SMILES string of the molecule is CO[C@](C)(C[C@@H](C)C(=O)O)[C@H](O[C@@H]1O[C@H](C)CC(N(C)C)C1OP)[C@@H](C)C1=C(C)C(=O)OC(C)(C)O1. The summed E-state index contributed by atoms with van der Waals surface area (Å²) in [6.07, 6.45) is -1.21. The number of hydrogen-bond donors (Lipinski definition) is 1. The van der Waals surface area contributed by atoms with Gasteiger partial charge in [0.1, 0.15) is 11.9 Å². The van der Waals surface area contributed by atoms with E-state index in [4.69, 9.17) is 28.2 Å². The zero-order valence-corrected chi connectivity index (χ0v) is 24.3. The number of carbonyl (C=O) groups is 2. The minimum absolute atomic E-state index is 0.0137. The Morgan fingerprint density at radius 2 is 1.92 bits per heavy atom. The number of rotatable bonds is 11. The lowest BCUT2D eigenvalue weighted by Gasteiger charge is -2.48. The molecule has 0 aliphatic carbocycles. The fraction of sp³-hybridized carbons (Fsp3) is 0.840. The molecule has 11 heteroatoms. The van der Waals surface area contributed by atoms with Gasteiger partial charge >= 0.3 is 11.9 Å². The second-order valence-electron chi connectivity index (χ2n) is 10.9. The lowest BCUT2D eigenvalue weighted by molar-refractivity contribution is -0.293. The van der Waals surface area contributed by atoms with E-state index in [1.807, 2.05) is 34.9 Å². The third-order valence-corrected chi connectivity index (χ3v) is 7.44. The Bertz CT molecular complexity index is 832. The quantitative estimate of drug-likeness (QED) is 0.313. The summed E-state index contributed by atoms with van der Waals surface area (Å²) in [6, 6.07) is 0.0137. The molecule has 0 saturated carbocycles. The van der Waals surface area contributed by atoms with Gasteiger partial charge in [0.2, 0.25) is 5.79 Å². The first-order chi connectivity index (χ1) is 16.6. The van der Waals surface area contributed by atoms with Crippen LogP contribution in [0.25, 0.3) is 0 Å². The van der Waals surface area contributed by atoms with Crippen LogP contribution >= 0.6 is 9.47 Å². The number of cyclic esters (lactones) is 1. The lowest BCUT2D eigenvalue weighted by Crippen LogP contribution is -2.58. The number of methoxy groups -OCH3 is 1. The third kappa shape index (κ3) is 6.97. The largest absolute Gasteiger partial charge is 0.481 e. The van der Waals surface area contributed by atoms with Crippen LogP contribution < -0.4 is 0 Å². The molecule has 2 heterocycles. The molecule has 10 nitrogen and oxygen atoms in total. The summed E-state index contributed by atoms with van der Waals surface area (Å²) in [5.41, 5.74) is -0.759. The Hall–Kier alpha value is -1.29. The maximum absolute atomic E-state index is 12.6. The van der Waals surface area contributed by atoms with Gasteiger partial charge in [0, 0.05) is 42.4 Å². The molecule has 1 saturated heterocycles. The van der Waals surface area contributed by atoms with Crippen molar-refractivity contribution < 1.29 is 42.9 Å². The highest BCUT2D eigenvalue weighted by molar-refractivity contribution is 7.09. The summed E-state index contributed by atoms with van der Waals surface area (Å²) in [5.74, 6) is -3.42. The first-order valence-electron chi connectivity index (χ1n) is 12.3. The van der Waals surface area contributed by atoms with Crippen LogP contribution in [-0.4, -0.2) is 85.2 Å². The number of carboxylic acids is 1. The minimum atomic E-state index is -1.17. The summed E-state index contributed by atoms with van der Waals surface area (Å²) < 4.78 is 36.1. The van der Waals surface area contributed by atoms with Gasteiger partial charge < -0.3 is 38.2 Å². The summed E-state index contributed by atoms with van der Waals surface area (Å²) in [4.78, 5) is 26.5. The first kappa shape index (κ1) is 30.9. The van der Waals surface area contributed by atoms with Gasteiger partial charge in [-0.3, -0.25) is 4.79 Å². The van der Waals surface area contributed by atoms with Crippen molar-refractivity contribution in [2.75, 3.05) is 21.2 Å². The van der Waals surface area contributed by atoms with Gasteiger partial charge in [-0.2, -0.15) is 0 Å². The highest BCUT2D eigenvalue weighted by Gasteiger charge is 2.50. The van der Waals surface area contributed by atoms with Gasteiger partial charge in [0.05, 0.1) is 29.3 Å². The Morgan fingerprint density at radius 3 is 2.42 bits per heavy atom. The van der Waals surface area contributed by atoms with Gasteiger partial charge in [-0.05, 0) is 47.7 Å². The van der Waals surface area contributed by atoms with Crippen molar-refractivity contribution >= 4 is 21.4 Å². The molecule has 2 aliphatic rings. The molecule has 3 unspecified atom stereocenters. The maximum atomic E-state index is 12.6. The number of likely N-dealkylation sites (N-methyl/N-ethyl adjacent to an activating group) is 1. The molecule has 0 aromatic rings. The van der Waals surface area contributed by atoms with Crippen molar-refractivity contribution in [1.29, 1.82) is 0 Å². The smallest absolute Gasteiger partial charge is 0.340 e. The highest BCUT2D eigenvalue weighted by Crippen LogP contribution is 2.41. The van der Waals surface area contributed by atoms with E-state index in [9.17, 15) is 14.7 Å². The molecule has 2 rings (SSSR count). The van der Waals surface area contributed by atoms with Crippen LogP contribution in [0, 0.1) is 11.8 Å². The minimum Gasteiger partial charge on any atom is -0.481 e. The van der Waals surface area contributed by atoms with E-state index in [1.54, 1.807) is 27.7 Å². The van der Waals surface area contributed by atoms with Crippen LogP contribution in [0.5, 0.6) is 0 Å². The Balaban J connectivity index is 2.56. The maximum Gasteiger partial charge on any atom is 0.340 e. The molecule has 0 radical (unpaired) electrons. The van der Waals surface area contributed by atoms with E-state index in [1.165, 1.54) is 7.11 Å². The topological polar surface area (TPSA) is 113 Å². The van der Waals surface area contributed by atoms with Gasteiger partial charge in [-0.25, -0.2) is 4.79 Å². The highest BCUT2D eigenvalue weighted by atomic mass is 31.0. The van der Waals surface area contributed by atoms with Crippen LogP contribution in [0.4, 0.5) is 0 Å². The van der Waals surface area contributed by atoms with Gasteiger partial charge in [0.15, 0.2) is 6.29 Å². The number of ether oxygens (including phenoxy) is 5. The van der Waals surface area contributed by atoms with Crippen LogP contribution in [0.15, 0.2) is 11.3 Å². The molecule has 2 aliphatic heterocycles. The first-order valence-corrected chi connectivity index (χ1v) is 12.8. The van der Waals surface area contributed by atoms with E-state index in [0.29, 0.717) is 11.3 Å². The van der Waals surface area contributed by atoms with Crippen molar-refractivity contribution in [1.82, 2.24) is 4.90 Å². The summed E-state index contributed by atoms with van der Waals surface area (Å²) in [6.45, 7) is 12.2. The standard InChI is InChI=1S/C25H44NO9P/c1-13(21(27)28)12-25(7,30-10)20(15(3)18-16(4)22(29)34-24(5,6)33-18)32-23-19(35-36)17(26(8)9)11-14(2)31-23/h13-15,17,19-20,23H,11-12,36H2,1-10H3,(H,27,28)/t13-,14-,15+,17?,19?,20-,23+,25-/m1/s1. The van der Waals surface area contributed by atoms with Crippen molar-refractivity contribution in [3.8, 4) is 0 Å². The average Bonchev–Trinajstić information content (AvgIpc) is 2.78. The van der Waals surface area contributed by atoms with E-state index in [2.05, 4.69) is 14.4 Å². The predicted molar refractivity (Wildman–Crippen MR) is 136 cm³/mol. The molecule has 0 aromatic heterocycles. The normalized spacial score (nSPS) is 30.7. The van der Waals surface area contributed by atoms with E-state index >= 15 is 0 Å². The Labute approximate surface area is 217 Å². The van der Waals surface area contributed by atoms with Crippen molar-refractivity contribution in [3.05, 3.63) is 11.3 Å². The number of nitrogens with zero attached hydrogens (tertiary/aromatic N) is 1. The van der Waals surface area contributed by atoms with Crippen molar-refractivity contribution in [2.45, 2.75) is 103 Å². The molecule has 0 bridgehead atoms. The number of aliphatic carboxylic acids is 1. The van der Waals surface area contributed by atoms with Crippen molar-refractivity contribution in [3.63, 3.8) is 0 Å². The summed E-state index contributed by atoms with van der Waals surface area (Å²) >= 11 is 0. The molecule has 0 aromatic carbocycles. The van der Waals surface area contributed by atoms with Gasteiger partial charge in [-0.15, -0.1) is 0 Å². The number of esters is 1. The second kappa shape index (κ2) is 12.0. The predicted octanol–water partition coefficient (Wildman–Crippen LogP) is 3.35. The Morgan fingerprint density at radius 1 is 1.31 bits per heavy atom. The Kier molecular flexibility index (Phi) is 10.4. The van der Waals surface area contributed by atoms with Crippen LogP contribution in [-0.2, 0) is 37.8 Å². The zero-order valence-electron chi connectivity index (χ0n) is 23.2. The van der Waals surface area contributed by atoms with E-state index < -0.39 is 53.7 Å². The zero-order chi connectivity index (χ0) is 27.6. The van der Waals surface area contributed by atoms with Crippen LogP contribution in [0.2, 0.25) is 0 Å². The fourth-order valence-electron chi connectivity index (χ4n) is 5.07. The number of carbonyl (C=O) groups excluding carboxylic acids is 1. The molecule has 36 heavy (non-hydrogen) atoms. The lowest BCUT2D eigenvalue weighted by atomic mass is 9.80. The van der Waals surface area contributed by atoms with Gasteiger partial charge in [-0.1, -0.05) is 13.8 Å². The van der Waals surface area contributed by atoms with E-state index in [0.717, 1.165) is 6.42 Å². The summed E-state index contributed by atoms with van der Waals surface area (Å²) in [5, 5.41) is 9.64. The molecular weight excluding hydrogens is 489 g/mol. The number of carboxylic acid groups (broad SMARTS) is 1. The fourth-order valence-corrected chi connectivity index (χ4v) is 5.38. The molecule has 0 amide bonds. The molecule has 208 valence electrons. The molecular formula is C25H44NO9P. The second-order valence-corrected chi connectivity index (χ2v) is 11.1. The van der Waals surface area contributed by atoms with Crippen LogP contribution in [0.3, 0.4) is 0 Å². The third-order valence-electron chi connectivity index (χ3n) is 7.13.